The van der Waals surface area contributed by atoms with Gasteiger partial charge in [-0.1, -0.05) is 18.2 Å². The monoisotopic (exact) mass is 357 g/mol. The summed E-state index contributed by atoms with van der Waals surface area (Å²) in [6.45, 7) is 6.22. The molecule has 0 radical (unpaired) electrons. The second kappa shape index (κ2) is 7.83. The van der Waals surface area contributed by atoms with Crippen LogP contribution >= 0.6 is 11.8 Å². The van der Waals surface area contributed by atoms with Crippen LogP contribution in [0.5, 0.6) is 11.5 Å². The van der Waals surface area contributed by atoms with Crippen molar-refractivity contribution in [3.05, 3.63) is 53.1 Å². The van der Waals surface area contributed by atoms with Gasteiger partial charge in [-0.2, -0.15) is 0 Å². The molecule has 0 atom stereocenters. The topological polar surface area (TPSA) is 38.8 Å². The molecule has 132 valence electrons. The molecule has 0 aliphatic carbocycles. The predicted molar refractivity (Wildman–Crippen MR) is 101 cm³/mol. The molecule has 0 bridgehead atoms. The lowest BCUT2D eigenvalue weighted by atomic mass is 10.1. The van der Waals surface area contributed by atoms with Crippen LogP contribution in [0.15, 0.2) is 41.3 Å². The Morgan fingerprint density at radius 2 is 2.00 bits per heavy atom. The lowest BCUT2D eigenvalue weighted by Crippen LogP contribution is -2.31. The van der Waals surface area contributed by atoms with Gasteiger partial charge in [-0.05, 0) is 43.9 Å². The molecule has 0 unspecified atom stereocenters. The van der Waals surface area contributed by atoms with E-state index in [0.717, 1.165) is 33.1 Å². The minimum absolute atomic E-state index is 0.0465. The third-order valence-corrected chi connectivity index (χ3v) is 5.08. The number of hydrogen-bond acceptors (Lipinski definition) is 4. The summed E-state index contributed by atoms with van der Waals surface area (Å²) < 4.78 is 11.4. The number of benzene rings is 2. The number of para-hydroxylation sites is 1. The molecule has 1 aliphatic rings. The molecular formula is C20H23NO3S. The molecule has 2 aromatic carbocycles. The number of fused-ring (bicyclic) bond motifs is 1. The Balaban J connectivity index is 1.87. The second-order valence-electron chi connectivity index (χ2n) is 5.94. The summed E-state index contributed by atoms with van der Waals surface area (Å²) in [5.74, 6) is 1.56. The van der Waals surface area contributed by atoms with Crippen molar-refractivity contribution in [2.75, 3.05) is 26.0 Å². The summed E-state index contributed by atoms with van der Waals surface area (Å²) in [6, 6.07) is 11.9. The van der Waals surface area contributed by atoms with E-state index in [2.05, 4.69) is 0 Å². The first-order valence-corrected chi connectivity index (χ1v) is 9.68. The summed E-state index contributed by atoms with van der Waals surface area (Å²) >= 11 is 1.64. The fraction of sp³-hybridized carbons (Fsp3) is 0.350. The molecule has 0 saturated heterocycles. The number of ether oxygens (including phenoxy) is 2. The smallest absolute Gasteiger partial charge is 0.254 e. The fourth-order valence-electron chi connectivity index (χ4n) is 2.92. The van der Waals surface area contributed by atoms with Gasteiger partial charge in [0.2, 0.25) is 0 Å². The zero-order chi connectivity index (χ0) is 17.8. The van der Waals surface area contributed by atoms with Gasteiger partial charge in [0.15, 0.2) is 11.5 Å². The Morgan fingerprint density at radius 3 is 2.76 bits per heavy atom. The van der Waals surface area contributed by atoms with Crippen molar-refractivity contribution in [3.8, 4) is 11.5 Å². The maximum absolute atomic E-state index is 13.1. The van der Waals surface area contributed by atoms with E-state index in [-0.39, 0.29) is 5.91 Å². The van der Waals surface area contributed by atoms with E-state index in [4.69, 9.17) is 9.47 Å². The quantitative estimate of drug-likeness (QED) is 0.754. The zero-order valence-electron chi connectivity index (χ0n) is 14.9. The van der Waals surface area contributed by atoms with Crippen LogP contribution in [0.25, 0.3) is 0 Å². The summed E-state index contributed by atoms with van der Waals surface area (Å²) in [6.07, 6.45) is 2.02. The maximum atomic E-state index is 13.1. The first-order chi connectivity index (χ1) is 12.1. The van der Waals surface area contributed by atoms with Crippen LogP contribution in [-0.4, -0.2) is 36.8 Å². The third-order valence-electron chi connectivity index (χ3n) is 4.35. The van der Waals surface area contributed by atoms with Gasteiger partial charge in [0, 0.05) is 29.1 Å². The molecule has 4 nitrogen and oxygen atoms in total. The van der Waals surface area contributed by atoms with Crippen LogP contribution in [0, 0.1) is 6.92 Å². The number of amides is 1. The van der Waals surface area contributed by atoms with Crippen LogP contribution < -0.4 is 9.47 Å². The van der Waals surface area contributed by atoms with Crippen molar-refractivity contribution in [1.29, 1.82) is 0 Å². The maximum Gasteiger partial charge on any atom is 0.254 e. The average Bonchev–Trinajstić information content (AvgIpc) is 2.66. The molecule has 1 heterocycles. The van der Waals surface area contributed by atoms with Gasteiger partial charge in [0.05, 0.1) is 0 Å². The summed E-state index contributed by atoms with van der Waals surface area (Å²) in [5.41, 5.74) is 2.73. The lowest BCUT2D eigenvalue weighted by Gasteiger charge is -2.26. The molecular weight excluding hydrogens is 334 g/mol. The molecule has 0 N–H and O–H groups in total. The van der Waals surface area contributed by atoms with Gasteiger partial charge >= 0.3 is 0 Å². The van der Waals surface area contributed by atoms with E-state index in [1.54, 1.807) is 11.8 Å². The first-order valence-electron chi connectivity index (χ1n) is 8.45. The SMILES string of the molecule is CCN(Cc1cccc2c1OCCO2)C(=O)c1cc(SC)ccc1C. The van der Waals surface area contributed by atoms with Crippen LogP contribution in [0.2, 0.25) is 0 Å². The Morgan fingerprint density at radius 1 is 1.20 bits per heavy atom. The van der Waals surface area contributed by atoms with Crippen molar-refractivity contribution in [2.45, 2.75) is 25.3 Å². The van der Waals surface area contributed by atoms with Gasteiger partial charge in [-0.3, -0.25) is 4.79 Å². The zero-order valence-corrected chi connectivity index (χ0v) is 15.7. The molecule has 0 spiro atoms. The number of carbonyl (C=O) groups excluding carboxylic acids is 1. The molecule has 2 aromatic rings. The molecule has 25 heavy (non-hydrogen) atoms. The van der Waals surface area contributed by atoms with Crippen LogP contribution in [0.4, 0.5) is 0 Å². The number of rotatable bonds is 5. The molecule has 0 saturated carbocycles. The second-order valence-corrected chi connectivity index (χ2v) is 6.82. The molecule has 0 fully saturated rings. The highest BCUT2D eigenvalue weighted by Crippen LogP contribution is 2.34. The van der Waals surface area contributed by atoms with E-state index in [0.29, 0.717) is 26.3 Å². The van der Waals surface area contributed by atoms with Crippen molar-refractivity contribution in [3.63, 3.8) is 0 Å². The number of nitrogens with zero attached hydrogens (tertiary/aromatic N) is 1. The summed E-state index contributed by atoms with van der Waals surface area (Å²) in [5, 5.41) is 0. The summed E-state index contributed by atoms with van der Waals surface area (Å²) in [7, 11) is 0. The number of aryl methyl sites for hydroxylation is 1. The molecule has 5 heteroatoms. The Labute approximate surface area is 153 Å². The van der Waals surface area contributed by atoms with Crippen LogP contribution in [0.3, 0.4) is 0 Å². The molecule has 3 rings (SSSR count). The van der Waals surface area contributed by atoms with E-state index >= 15 is 0 Å². The first kappa shape index (κ1) is 17.7. The van der Waals surface area contributed by atoms with Crippen molar-refractivity contribution in [2.24, 2.45) is 0 Å². The average molecular weight is 357 g/mol. The van der Waals surface area contributed by atoms with Crippen molar-refractivity contribution >= 4 is 17.7 Å². The van der Waals surface area contributed by atoms with E-state index in [1.165, 1.54) is 0 Å². The van der Waals surface area contributed by atoms with Gasteiger partial charge in [-0.15, -0.1) is 11.8 Å². The highest BCUT2D eigenvalue weighted by atomic mass is 32.2. The highest BCUT2D eigenvalue weighted by molar-refractivity contribution is 7.98. The molecule has 0 aromatic heterocycles. The Hall–Kier alpha value is -2.14. The highest BCUT2D eigenvalue weighted by Gasteiger charge is 2.21. The van der Waals surface area contributed by atoms with Gasteiger partial charge in [-0.25, -0.2) is 0 Å². The van der Waals surface area contributed by atoms with E-state index in [9.17, 15) is 4.79 Å². The third kappa shape index (κ3) is 3.76. The minimum Gasteiger partial charge on any atom is -0.486 e. The number of carbonyl (C=O) groups is 1. The molecule has 1 amide bonds. The van der Waals surface area contributed by atoms with E-state index < -0.39 is 0 Å². The van der Waals surface area contributed by atoms with E-state index in [1.807, 2.05) is 61.4 Å². The van der Waals surface area contributed by atoms with Gasteiger partial charge in [0.1, 0.15) is 13.2 Å². The molecule has 1 aliphatic heterocycles. The van der Waals surface area contributed by atoms with Crippen molar-refractivity contribution < 1.29 is 14.3 Å². The normalized spacial score (nSPS) is 12.8. The lowest BCUT2D eigenvalue weighted by molar-refractivity contribution is 0.0748. The minimum atomic E-state index is 0.0465. The number of thioether (sulfide) groups is 1. The van der Waals surface area contributed by atoms with Crippen LogP contribution in [-0.2, 0) is 6.54 Å². The fourth-order valence-corrected chi connectivity index (χ4v) is 3.36. The van der Waals surface area contributed by atoms with Gasteiger partial charge in [0.25, 0.3) is 5.91 Å². The Bertz CT molecular complexity index is 776. The van der Waals surface area contributed by atoms with Crippen LogP contribution in [0.1, 0.15) is 28.4 Å². The van der Waals surface area contributed by atoms with Gasteiger partial charge < -0.3 is 14.4 Å². The Kier molecular flexibility index (Phi) is 5.53. The summed E-state index contributed by atoms with van der Waals surface area (Å²) in [4.78, 5) is 16.0. The number of hydrogen-bond donors (Lipinski definition) is 0. The standard InChI is InChI=1S/C20H23NO3S/c1-4-21(20(22)17-12-16(25-3)9-8-14(17)2)13-15-6-5-7-18-19(15)24-11-10-23-18/h5-9,12H,4,10-11,13H2,1-3H3. The largest absolute Gasteiger partial charge is 0.486 e. The predicted octanol–water partition coefficient (Wildman–Crippen LogP) is 4.15. The van der Waals surface area contributed by atoms with Crippen molar-refractivity contribution in [1.82, 2.24) is 4.90 Å².